The van der Waals surface area contributed by atoms with Crippen molar-refractivity contribution in [2.24, 2.45) is 0 Å². The number of benzene rings is 1. The predicted octanol–water partition coefficient (Wildman–Crippen LogP) is 6.26. The molecule has 0 bridgehead atoms. The van der Waals surface area contributed by atoms with Crippen LogP contribution in [0.3, 0.4) is 0 Å². The van der Waals surface area contributed by atoms with Crippen molar-refractivity contribution in [1.29, 1.82) is 0 Å². The number of halogens is 1. The van der Waals surface area contributed by atoms with Crippen molar-refractivity contribution < 1.29 is 9.13 Å². The molecule has 2 rings (SSSR count). The highest BCUT2D eigenvalue weighted by Gasteiger charge is 2.13. The van der Waals surface area contributed by atoms with E-state index in [0.29, 0.717) is 12.0 Å². The molecule has 2 nitrogen and oxygen atoms in total. The van der Waals surface area contributed by atoms with Gasteiger partial charge < -0.3 is 4.74 Å². The molecule has 132 valence electrons. The minimum Gasteiger partial charge on any atom is -0.381 e. The average Bonchev–Trinajstić information content (AvgIpc) is 3.13. The second kappa shape index (κ2) is 10.6. The number of unbranched alkanes of at least 4 members (excludes halogenated alkanes) is 4. The molecule has 1 aromatic carbocycles. The van der Waals surface area contributed by atoms with Gasteiger partial charge >= 0.3 is 0 Å². The van der Waals surface area contributed by atoms with Crippen LogP contribution < -0.4 is 0 Å². The first kappa shape index (κ1) is 19.1. The third kappa shape index (κ3) is 5.67. The molecule has 4 heteroatoms. The van der Waals surface area contributed by atoms with Crippen LogP contribution in [0.4, 0.5) is 4.39 Å². The standard InChI is InChI=1S/C20H28FNOS/c1-3-4-5-6-7-10-17(23-2)13-12-16-9-8-11-18(20(16)21)19-14-24-15-22-19/h8-9,11,14-15,17H,3-7,10,12-13H2,1-2H3. The Morgan fingerprint density at radius 1 is 1.17 bits per heavy atom. The van der Waals surface area contributed by atoms with Crippen LogP contribution in [0, 0.1) is 5.82 Å². The Labute approximate surface area is 149 Å². The maximum Gasteiger partial charge on any atom is 0.135 e. The van der Waals surface area contributed by atoms with E-state index < -0.39 is 0 Å². The fourth-order valence-electron chi connectivity index (χ4n) is 2.99. The molecule has 1 atom stereocenters. The van der Waals surface area contributed by atoms with Crippen molar-refractivity contribution in [2.45, 2.75) is 64.4 Å². The van der Waals surface area contributed by atoms with Crippen LogP contribution in [-0.4, -0.2) is 18.2 Å². The number of aromatic nitrogens is 1. The van der Waals surface area contributed by atoms with Gasteiger partial charge in [0.25, 0.3) is 0 Å². The van der Waals surface area contributed by atoms with Crippen LogP contribution in [0.15, 0.2) is 29.1 Å². The van der Waals surface area contributed by atoms with Gasteiger partial charge in [-0.15, -0.1) is 11.3 Å². The van der Waals surface area contributed by atoms with E-state index in [9.17, 15) is 4.39 Å². The van der Waals surface area contributed by atoms with Crippen LogP contribution in [-0.2, 0) is 11.2 Å². The Kier molecular flexibility index (Phi) is 8.40. The lowest BCUT2D eigenvalue weighted by atomic mass is 9.99. The van der Waals surface area contributed by atoms with Crippen molar-refractivity contribution >= 4 is 11.3 Å². The zero-order valence-electron chi connectivity index (χ0n) is 14.8. The number of hydrogen-bond donors (Lipinski definition) is 0. The van der Waals surface area contributed by atoms with E-state index in [2.05, 4.69) is 11.9 Å². The summed E-state index contributed by atoms with van der Waals surface area (Å²) in [4.78, 5) is 4.22. The largest absolute Gasteiger partial charge is 0.381 e. The summed E-state index contributed by atoms with van der Waals surface area (Å²) in [6.07, 6.45) is 9.19. The SMILES string of the molecule is CCCCCCCC(CCc1cccc(-c2cscn2)c1F)OC. The Balaban J connectivity index is 1.87. The van der Waals surface area contributed by atoms with Gasteiger partial charge in [-0.2, -0.15) is 0 Å². The van der Waals surface area contributed by atoms with Gasteiger partial charge in [0, 0.05) is 18.1 Å². The van der Waals surface area contributed by atoms with E-state index in [1.165, 1.54) is 43.4 Å². The molecule has 24 heavy (non-hydrogen) atoms. The normalized spacial score (nSPS) is 12.5. The molecule has 0 aliphatic carbocycles. The molecule has 0 aliphatic rings. The van der Waals surface area contributed by atoms with Crippen molar-refractivity contribution in [3.8, 4) is 11.3 Å². The molecule has 0 amide bonds. The van der Waals surface area contributed by atoms with Gasteiger partial charge in [-0.25, -0.2) is 9.37 Å². The zero-order valence-corrected chi connectivity index (χ0v) is 15.6. The first-order chi connectivity index (χ1) is 11.8. The van der Waals surface area contributed by atoms with Gasteiger partial charge in [0.05, 0.1) is 17.3 Å². The third-order valence-electron chi connectivity index (χ3n) is 4.49. The highest BCUT2D eigenvalue weighted by molar-refractivity contribution is 7.07. The van der Waals surface area contributed by atoms with Crippen molar-refractivity contribution in [3.63, 3.8) is 0 Å². The molecule has 0 aliphatic heterocycles. The van der Waals surface area contributed by atoms with Crippen molar-refractivity contribution in [3.05, 3.63) is 40.5 Å². The average molecular weight is 350 g/mol. The zero-order chi connectivity index (χ0) is 17.2. The molecule has 0 N–H and O–H groups in total. The van der Waals surface area contributed by atoms with E-state index in [1.54, 1.807) is 18.7 Å². The molecule has 0 saturated carbocycles. The fourth-order valence-corrected chi connectivity index (χ4v) is 3.54. The Bertz CT molecular complexity index is 585. The summed E-state index contributed by atoms with van der Waals surface area (Å²) in [5.41, 5.74) is 3.82. The maximum atomic E-state index is 14.7. The molecule has 2 aromatic rings. The van der Waals surface area contributed by atoms with Gasteiger partial charge in [0.1, 0.15) is 5.82 Å². The van der Waals surface area contributed by atoms with Crippen molar-refractivity contribution in [1.82, 2.24) is 4.98 Å². The predicted molar refractivity (Wildman–Crippen MR) is 100 cm³/mol. The molecular formula is C20H28FNOS. The first-order valence-electron chi connectivity index (χ1n) is 8.95. The number of nitrogens with zero attached hydrogens (tertiary/aromatic N) is 1. The number of rotatable bonds is 11. The van der Waals surface area contributed by atoms with E-state index in [1.807, 2.05) is 17.5 Å². The molecule has 1 unspecified atom stereocenters. The number of thiazole rings is 1. The minimum atomic E-state index is -0.138. The second-order valence-electron chi connectivity index (χ2n) is 6.25. The van der Waals surface area contributed by atoms with Crippen LogP contribution in [0.1, 0.15) is 57.4 Å². The number of methoxy groups -OCH3 is 1. The Hall–Kier alpha value is -1.26. The van der Waals surface area contributed by atoms with Crippen LogP contribution in [0.2, 0.25) is 0 Å². The van der Waals surface area contributed by atoms with Crippen LogP contribution in [0.5, 0.6) is 0 Å². The summed E-state index contributed by atoms with van der Waals surface area (Å²) >= 11 is 1.49. The Morgan fingerprint density at radius 3 is 2.71 bits per heavy atom. The summed E-state index contributed by atoms with van der Waals surface area (Å²) in [6.45, 7) is 2.23. The van der Waals surface area contributed by atoms with Crippen LogP contribution in [0.25, 0.3) is 11.3 Å². The maximum absolute atomic E-state index is 14.7. The fraction of sp³-hybridized carbons (Fsp3) is 0.550. The molecule has 0 fully saturated rings. The number of aryl methyl sites for hydroxylation is 1. The first-order valence-corrected chi connectivity index (χ1v) is 9.89. The van der Waals surface area contributed by atoms with E-state index in [0.717, 1.165) is 24.1 Å². The van der Waals surface area contributed by atoms with Crippen molar-refractivity contribution in [2.75, 3.05) is 7.11 Å². The number of ether oxygens (including phenoxy) is 1. The molecule has 0 radical (unpaired) electrons. The minimum absolute atomic E-state index is 0.138. The van der Waals surface area contributed by atoms with Gasteiger partial charge in [-0.1, -0.05) is 51.2 Å². The highest BCUT2D eigenvalue weighted by atomic mass is 32.1. The molecule has 1 aromatic heterocycles. The summed E-state index contributed by atoms with van der Waals surface area (Å²) in [7, 11) is 1.76. The monoisotopic (exact) mass is 349 g/mol. The van der Waals surface area contributed by atoms with Gasteiger partial charge in [-0.3, -0.25) is 0 Å². The molecule has 0 spiro atoms. The lowest BCUT2D eigenvalue weighted by Gasteiger charge is -2.16. The van der Waals surface area contributed by atoms with E-state index in [4.69, 9.17) is 4.74 Å². The van der Waals surface area contributed by atoms with E-state index in [-0.39, 0.29) is 11.9 Å². The molecular weight excluding hydrogens is 321 g/mol. The molecule has 0 saturated heterocycles. The quantitative estimate of drug-likeness (QED) is 0.447. The second-order valence-corrected chi connectivity index (χ2v) is 6.97. The highest BCUT2D eigenvalue weighted by Crippen LogP contribution is 2.26. The van der Waals surface area contributed by atoms with Gasteiger partial charge in [0.2, 0.25) is 0 Å². The summed E-state index contributed by atoms with van der Waals surface area (Å²) < 4.78 is 20.3. The Morgan fingerprint density at radius 2 is 2.00 bits per heavy atom. The lowest BCUT2D eigenvalue weighted by molar-refractivity contribution is 0.0856. The smallest absolute Gasteiger partial charge is 0.135 e. The topological polar surface area (TPSA) is 22.1 Å². The van der Waals surface area contributed by atoms with Gasteiger partial charge in [0.15, 0.2) is 0 Å². The summed E-state index contributed by atoms with van der Waals surface area (Å²) in [5, 5.41) is 1.89. The summed E-state index contributed by atoms with van der Waals surface area (Å²) in [5.74, 6) is -0.138. The number of hydrogen-bond acceptors (Lipinski definition) is 3. The third-order valence-corrected chi connectivity index (χ3v) is 5.07. The molecule has 1 heterocycles. The van der Waals surface area contributed by atoms with E-state index >= 15 is 0 Å². The van der Waals surface area contributed by atoms with Crippen LogP contribution >= 0.6 is 11.3 Å². The summed E-state index contributed by atoms with van der Waals surface area (Å²) in [6, 6.07) is 5.59. The van der Waals surface area contributed by atoms with Gasteiger partial charge in [-0.05, 0) is 30.9 Å². The lowest BCUT2D eigenvalue weighted by Crippen LogP contribution is -2.12.